The van der Waals surface area contributed by atoms with Crippen LogP contribution in [0.2, 0.25) is 0 Å². The smallest absolute Gasteiger partial charge is 0.191 e. The highest BCUT2D eigenvalue weighted by Gasteiger charge is 2.48. The SMILES string of the molecule is CCNC(=NCC1(C2CC2)CCC1)NCC(C)C.I. The second-order valence-electron chi connectivity index (χ2n) is 6.46. The Kier molecular flexibility index (Phi) is 6.91. The third-order valence-corrected chi connectivity index (χ3v) is 4.37. The van der Waals surface area contributed by atoms with Gasteiger partial charge in [0.15, 0.2) is 5.96 Å². The minimum absolute atomic E-state index is 0. The predicted molar refractivity (Wildman–Crippen MR) is 93.2 cm³/mol. The zero-order valence-corrected chi connectivity index (χ0v) is 15.0. The summed E-state index contributed by atoms with van der Waals surface area (Å²) in [7, 11) is 0. The van der Waals surface area contributed by atoms with E-state index in [0.29, 0.717) is 11.3 Å². The van der Waals surface area contributed by atoms with Crippen molar-refractivity contribution in [1.29, 1.82) is 0 Å². The summed E-state index contributed by atoms with van der Waals surface area (Å²) in [4.78, 5) is 4.84. The van der Waals surface area contributed by atoms with E-state index >= 15 is 0 Å². The maximum atomic E-state index is 4.84. The third-order valence-electron chi connectivity index (χ3n) is 4.37. The maximum absolute atomic E-state index is 4.84. The zero-order valence-electron chi connectivity index (χ0n) is 12.7. The van der Waals surface area contributed by atoms with E-state index in [-0.39, 0.29) is 24.0 Å². The van der Waals surface area contributed by atoms with Crippen LogP contribution in [0.5, 0.6) is 0 Å². The van der Waals surface area contributed by atoms with Gasteiger partial charge in [0.2, 0.25) is 0 Å². The molecule has 0 saturated heterocycles. The summed E-state index contributed by atoms with van der Waals surface area (Å²) in [5.74, 6) is 2.66. The second kappa shape index (κ2) is 7.70. The van der Waals surface area contributed by atoms with Crippen molar-refractivity contribution < 1.29 is 0 Å². The van der Waals surface area contributed by atoms with E-state index in [1.165, 1.54) is 32.1 Å². The zero-order chi connectivity index (χ0) is 13.0. The summed E-state index contributed by atoms with van der Waals surface area (Å²) in [6.07, 6.45) is 7.13. The minimum Gasteiger partial charge on any atom is -0.357 e. The molecule has 0 heterocycles. The standard InChI is InChI=1S/C15H29N3.HI/c1-4-16-14(17-10-12(2)3)18-11-15(8-5-9-15)13-6-7-13;/h12-13H,4-11H2,1-3H3,(H2,16,17,18);1H. The van der Waals surface area contributed by atoms with Gasteiger partial charge in [0, 0.05) is 19.6 Å². The molecule has 0 aromatic carbocycles. The Balaban J connectivity index is 0.00000180. The molecule has 2 aliphatic carbocycles. The van der Waals surface area contributed by atoms with Crippen LogP contribution in [-0.2, 0) is 0 Å². The van der Waals surface area contributed by atoms with Crippen molar-refractivity contribution >= 4 is 29.9 Å². The first-order chi connectivity index (χ1) is 8.66. The normalized spacial score (nSPS) is 21.6. The van der Waals surface area contributed by atoms with Gasteiger partial charge in [-0.15, -0.1) is 24.0 Å². The van der Waals surface area contributed by atoms with Crippen LogP contribution in [0.3, 0.4) is 0 Å². The van der Waals surface area contributed by atoms with Gasteiger partial charge in [0.25, 0.3) is 0 Å². The average molecular weight is 379 g/mol. The lowest BCUT2D eigenvalue weighted by molar-refractivity contribution is 0.113. The van der Waals surface area contributed by atoms with Crippen molar-refractivity contribution in [2.45, 2.75) is 52.9 Å². The fourth-order valence-corrected chi connectivity index (χ4v) is 2.90. The molecule has 2 saturated carbocycles. The fourth-order valence-electron chi connectivity index (χ4n) is 2.90. The first-order valence-corrected chi connectivity index (χ1v) is 7.68. The van der Waals surface area contributed by atoms with Crippen LogP contribution < -0.4 is 10.6 Å². The number of aliphatic imine (C=N–C) groups is 1. The number of guanidine groups is 1. The van der Waals surface area contributed by atoms with Crippen molar-refractivity contribution in [2.24, 2.45) is 22.2 Å². The molecule has 0 amide bonds. The summed E-state index contributed by atoms with van der Waals surface area (Å²) in [5.41, 5.74) is 0.584. The van der Waals surface area contributed by atoms with E-state index in [2.05, 4.69) is 31.4 Å². The molecule has 0 spiro atoms. The molecular weight excluding hydrogens is 349 g/mol. The number of nitrogens with zero attached hydrogens (tertiary/aromatic N) is 1. The van der Waals surface area contributed by atoms with Gasteiger partial charge in [0.05, 0.1) is 0 Å². The Bertz CT molecular complexity index is 294. The number of halogens is 1. The molecule has 0 aliphatic heterocycles. The number of hydrogen-bond donors (Lipinski definition) is 2. The maximum Gasteiger partial charge on any atom is 0.191 e. The van der Waals surface area contributed by atoms with Crippen molar-refractivity contribution in [3.05, 3.63) is 0 Å². The first-order valence-electron chi connectivity index (χ1n) is 7.68. The van der Waals surface area contributed by atoms with E-state index in [0.717, 1.165) is 31.5 Å². The third kappa shape index (κ3) is 4.80. The number of rotatable bonds is 6. The van der Waals surface area contributed by atoms with Gasteiger partial charge in [-0.2, -0.15) is 0 Å². The molecule has 0 bridgehead atoms. The second-order valence-corrected chi connectivity index (χ2v) is 6.46. The molecule has 0 aromatic rings. The predicted octanol–water partition coefficient (Wildman–Crippen LogP) is 3.40. The van der Waals surface area contributed by atoms with Crippen LogP contribution in [-0.4, -0.2) is 25.6 Å². The lowest BCUT2D eigenvalue weighted by Gasteiger charge is -2.41. The molecule has 2 aliphatic rings. The molecule has 19 heavy (non-hydrogen) atoms. The summed E-state index contributed by atoms with van der Waals surface area (Å²) >= 11 is 0. The van der Waals surface area contributed by atoms with Crippen molar-refractivity contribution in [3.63, 3.8) is 0 Å². The van der Waals surface area contributed by atoms with Crippen LogP contribution in [0.4, 0.5) is 0 Å². The summed E-state index contributed by atoms with van der Waals surface area (Å²) in [6, 6.07) is 0. The quantitative estimate of drug-likeness (QED) is 0.422. The van der Waals surface area contributed by atoms with E-state index in [4.69, 9.17) is 4.99 Å². The lowest BCUT2D eigenvalue weighted by atomic mass is 9.65. The van der Waals surface area contributed by atoms with Crippen LogP contribution in [0.15, 0.2) is 4.99 Å². The van der Waals surface area contributed by atoms with E-state index in [9.17, 15) is 0 Å². The van der Waals surface area contributed by atoms with Gasteiger partial charge in [-0.25, -0.2) is 0 Å². The molecule has 4 heteroatoms. The van der Waals surface area contributed by atoms with Gasteiger partial charge < -0.3 is 10.6 Å². The summed E-state index contributed by atoms with van der Waals surface area (Å²) < 4.78 is 0. The highest BCUT2D eigenvalue weighted by Crippen LogP contribution is 2.57. The fraction of sp³-hybridized carbons (Fsp3) is 0.933. The van der Waals surface area contributed by atoms with E-state index in [1.807, 2.05) is 0 Å². The molecule has 3 nitrogen and oxygen atoms in total. The molecule has 0 atom stereocenters. The molecule has 112 valence electrons. The Morgan fingerprint density at radius 3 is 2.37 bits per heavy atom. The summed E-state index contributed by atoms with van der Waals surface area (Å²) in [6.45, 7) is 9.57. The van der Waals surface area contributed by atoms with E-state index in [1.54, 1.807) is 0 Å². The Labute approximate surface area is 135 Å². The molecule has 2 rings (SSSR count). The van der Waals surface area contributed by atoms with Gasteiger partial charge in [0.1, 0.15) is 0 Å². The Morgan fingerprint density at radius 2 is 1.95 bits per heavy atom. The van der Waals surface area contributed by atoms with Gasteiger partial charge >= 0.3 is 0 Å². The first kappa shape index (κ1) is 17.1. The van der Waals surface area contributed by atoms with Crippen molar-refractivity contribution in [2.75, 3.05) is 19.6 Å². The largest absolute Gasteiger partial charge is 0.357 e. The van der Waals surface area contributed by atoms with Crippen molar-refractivity contribution in [3.8, 4) is 0 Å². The Morgan fingerprint density at radius 1 is 1.26 bits per heavy atom. The molecule has 2 N–H and O–H groups in total. The van der Waals surface area contributed by atoms with Crippen LogP contribution in [0, 0.1) is 17.3 Å². The number of nitrogens with one attached hydrogen (secondary N) is 2. The van der Waals surface area contributed by atoms with Gasteiger partial charge in [-0.3, -0.25) is 4.99 Å². The lowest BCUT2D eigenvalue weighted by Crippen LogP contribution is -2.41. The molecular formula is C15H30IN3. The van der Waals surface area contributed by atoms with Crippen molar-refractivity contribution in [1.82, 2.24) is 10.6 Å². The highest BCUT2D eigenvalue weighted by molar-refractivity contribution is 14.0. The minimum atomic E-state index is 0. The Hall–Kier alpha value is 0. The monoisotopic (exact) mass is 379 g/mol. The number of hydrogen-bond acceptors (Lipinski definition) is 1. The topological polar surface area (TPSA) is 36.4 Å². The van der Waals surface area contributed by atoms with Crippen LogP contribution in [0.25, 0.3) is 0 Å². The molecule has 0 aromatic heterocycles. The van der Waals surface area contributed by atoms with E-state index < -0.39 is 0 Å². The van der Waals surface area contributed by atoms with Gasteiger partial charge in [-0.05, 0) is 49.9 Å². The van der Waals surface area contributed by atoms with Crippen LogP contribution >= 0.6 is 24.0 Å². The molecule has 2 fully saturated rings. The summed E-state index contributed by atoms with van der Waals surface area (Å²) in [5, 5.41) is 6.80. The van der Waals surface area contributed by atoms with Crippen LogP contribution in [0.1, 0.15) is 52.9 Å². The average Bonchev–Trinajstić information content (AvgIpc) is 3.08. The van der Waals surface area contributed by atoms with Gasteiger partial charge in [-0.1, -0.05) is 20.3 Å². The molecule has 0 unspecified atom stereocenters. The highest BCUT2D eigenvalue weighted by atomic mass is 127. The molecule has 0 radical (unpaired) electrons.